The third kappa shape index (κ3) is 3.83. The zero-order valence-electron chi connectivity index (χ0n) is 18.4. The molecule has 3 aromatic heterocycles. The molecule has 4 heterocycles. The smallest absolute Gasteiger partial charge is 0.222 e. The highest BCUT2D eigenvalue weighted by Gasteiger charge is 2.20. The van der Waals surface area contributed by atoms with Gasteiger partial charge >= 0.3 is 0 Å². The van der Waals surface area contributed by atoms with Gasteiger partial charge in [0.2, 0.25) is 5.91 Å². The van der Waals surface area contributed by atoms with Crippen molar-refractivity contribution in [2.45, 2.75) is 25.7 Å². The number of hydrogen-bond acceptors (Lipinski definition) is 3. The first-order valence-electron chi connectivity index (χ1n) is 11.6. The number of likely N-dealkylation sites (tertiary alicyclic amines) is 1. The van der Waals surface area contributed by atoms with Gasteiger partial charge in [-0.1, -0.05) is 48.5 Å². The maximum atomic E-state index is 12.8. The van der Waals surface area contributed by atoms with Gasteiger partial charge in [-0.15, -0.1) is 11.3 Å². The number of rotatable bonds is 5. The van der Waals surface area contributed by atoms with Crippen molar-refractivity contribution in [1.82, 2.24) is 14.3 Å². The van der Waals surface area contributed by atoms with Crippen LogP contribution < -0.4 is 0 Å². The van der Waals surface area contributed by atoms with Crippen LogP contribution in [0.25, 0.3) is 37.4 Å². The second-order valence-corrected chi connectivity index (χ2v) is 9.74. The second kappa shape index (κ2) is 8.49. The summed E-state index contributed by atoms with van der Waals surface area (Å²) >= 11 is 1.81. The van der Waals surface area contributed by atoms with Gasteiger partial charge in [-0.05, 0) is 48.9 Å². The molecule has 0 unspecified atom stereocenters. The van der Waals surface area contributed by atoms with Crippen LogP contribution in [0.4, 0.5) is 0 Å². The zero-order chi connectivity index (χ0) is 22.2. The zero-order valence-corrected chi connectivity index (χ0v) is 19.2. The molecule has 1 fully saturated rings. The van der Waals surface area contributed by atoms with Crippen molar-refractivity contribution in [3.63, 3.8) is 0 Å². The Hall–Kier alpha value is -3.44. The van der Waals surface area contributed by atoms with Gasteiger partial charge in [0.15, 0.2) is 0 Å². The number of fused-ring (bicyclic) bond motifs is 2. The van der Waals surface area contributed by atoms with E-state index in [2.05, 4.69) is 65.2 Å². The lowest BCUT2D eigenvalue weighted by atomic mass is 10.1. The molecule has 1 aliphatic heterocycles. The summed E-state index contributed by atoms with van der Waals surface area (Å²) in [5.41, 5.74) is 5.26. The molecule has 1 saturated heterocycles. The number of carbonyl (C=O) groups excluding carboxylic acids is 1. The molecule has 0 N–H and O–H groups in total. The fraction of sp³-hybridized carbons (Fsp3) is 0.214. The maximum absolute atomic E-state index is 12.8. The molecule has 1 amide bonds. The summed E-state index contributed by atoms with van der Waals surface area (Å²) in [4.78, 5) is 21.0. The van der Waals surface area contributed by atoms with E-state index in [0.29, 0.717) is 12.8 Å². The average molecular weight is 452 g/mol. The summed E-state index contributed by atoms with van der Waals surface area (Å²) in [5, 5.41) is 1.27. The molecule has 33 heavy (non-hydrogen) atoms. The molecule has 0 bridgehead atoms. The van der Waals surface area contributed by atoms with Crippen LogP contribution in [-0.4, -0.2) is 33.3 Å². The monoisotopic (exact) mass is 451 g/mol. The average Bonchev–Trinajstić information content (AvgIpc) is 3.61. The van der Waals surface area contributed by atoms with Crippen LogP contribution in [0.5, 0.6) is 0 Å². The van der Waals surface area contributed by atoms with Crippen molar-refractivity contribution in [1.29, 1.82) is 0 Å². The van der Waals surface area contributed by atoms with Gasteiger partial charge in [0.1, 0.15) is 5.65 Å². The lowest BCUT2D eigenvalue weighted by molar-refractivity contribution is -0.130. The summed E-state index contributed by atoms with van der Waals surface area (Å²) in [6.07, 6.45) is 5.62. The van der Waals surface area contributed by atoms with E-state index in [9.17, 15) is 4.79 Å². The molecule has 0 atom stereocenters. The van der Waals surface area contributed by atoms with Crippen LogP contribution in [0, 0.1) is 0 Å². The van der Waals surface area contributed by atoms with Crippen LogP contribution in [0.1, 0.15) is 25.0 Å². The Bertz CT molecular complexity index is 1410. The second-order valence-electron chi connectivity index (χ2n) is 8.66. The van der Waals surface area contributed by atoms with Gasteiger partial charge in [0, 0.05) is 46.4 Å². The van der Waals surface area contributed by atoms with Crippen LogP contribution in [0.2, 0.25) is 0 Å². The molecule has 164 valence electrons. The van der Waals surface area contributed by atoms with Crippen LogP contribution >= 0.6 is 11.3 Å². The number of aryl methyl sites for hydroxylation is 1. The Morgan fingerprint density at radius 1 is 0.909 bits per heavy atom. The molecule has 0 aliphatic carbocycles. The lowest BCUT2D eigenvalue weighted by Crippen LogP contribution is -2.27. The number of aromatic nitrogens is 2. The fourth-order valence-electron chi connectivity index (χ4n) is 4.78. The minimum Gasteiger partial charge on any atom is -0.343 e. The van der Waals surface area contributed by atoms with Gasteiger partial charge < -0.3 is 9.30 Å². The Morgan fingerprint density at radius 3 is 2.52 bits per heavy atom. The van der Waals surface area contributed by atoms with Gasteiger partial charge in [0.05, 0.1) is 11.4 Å². The number of carbonyl (C=O) groups is 1. The maximum Gasteiger partial charge on any atom is 0.222 e. The van der Waals surface area contributed by atoms with Crippen LogP contribution in [0.15, 0.2) is 79.0 Å². The molecule has 5 aromatic rings. The molecule has 0 radical (unpaired) electrons. The molecule has 1 aliphatic rings. The van der Waals surface area contributed by atoms with Gasteiger partial charge in [0.25, 0.3) is 0 Å². The molecule has 5 heteroatoms. The van der Waals surface area contributed by atoms with E-state index in [1.165, 1.54) is 20.5 Å². The summed E-state index contributed by atoms with van der Waals surface area (Å²) in [5.74, 6) is 0.252. The van der Waals surface area contributed by atoms with Crippen molar-refractivity contribution < 1.29 is 4.79 Å². The Morgan fingerprint density at radius 2 is 1.70 bits per heavy atom. The predicted octanol–water partition coefficient (Wildman–Crippen LogP) is 6.44. The van der Waals surface area contributed by atoms with E-state index in [1.54, 1.807) is 0 Å². The summed E-state index contributed by atoms with van der Waals surface area (Å²) < 4.78 is 3.49. The third-order valence-corrected chi connectivity index (χ3v) is 7.67. The topological polar surface area (TPSA) is 37.6 Å². The number of nitrogens with zero attached hydrogens (tertiary/aromatic N) is 3. The molecule has 2 aromatic carbocycles. The Balaban J connectivity index is 1.42. The van der Waals surface area contributed by atoms with Crippen molar-refractivity contribution in [2.75, 3.05) is 13.1 Å². The van der Waals surface area contributed by atoms with Gasteiger partial charge in [-0.3, -0.25) is 4.79 Å². The number of amides is 1. The largest absolute Gasteiger partial charge is 0.343 e. The van der Waals surface area contributed by atoms with E-state index in [4.69, 9.17) is 4.98 Å². The van der Waals surface area contributed by atoms with Crippen molar-refractivity contribution in [2.24, 2.45) is 0 Å². The highest BCUT2D eigenvalue weighted by molar-refractivity contribution is 7.22. The summed E-state index contributed by atoms with van der Waals surface area (Å²) in [6, 6.07) is 25.3. The van der Waals surface area contributed by atoms with Crippen LogP contribution in [0.3, 0.4) is 0 Å². The molecular weight excluding hydrogens is 426 g/mol. The number of benzene rings is 2. The summed E-state index contributed by atoms with van der Waals surface area (Å²) in [6.45, 7) is 1.79. The van der Waals surface area contributed by atoms with Crippen molar-refractivity contribution >= 4 is 33.0 Å². The number of pyridine rings is 1. The van der Waals surface area contributed by atoms with E-state index in [0.717, 1.165) is 48.5 Å². The quantitative estimate of drug-likeness (QED) is 0.308. The summed E-state index contributed by atoms with van der Waals surface area (Å²) in [7, 11) is 0. The van der Waals surface area contributed by atoms with E-state index in [-0.39, 0.29) is 5.91 Å². The molecule has 6 rings (SSSR count). The first kappa shape index (κ1) is 20.2. The minimum absolute atomic E-state index is 0.252. The third-order valence-electron chi connectivity index (χ3n) is 6.51. The normalized spacial score (nSPS) is 13.9. The van der Waals surface area contributed by atoms with E-state index >= 15 is 0 Å². The van der Waals surface area contributed by atoms with Crippen LogP contribution in [-0.2, 0) is 11.2 Å². The number of imidazole rings is 1. The first-order chi connectivity index (χ1) is 16.3. The Labute approximate surface area is 197 Å². The van der Waals surface area contributed by atoms with E-state index in [1.807, 2.05) is 34.4 Å². The molecular formula is C28H25N3OS. The standard InChI is InChI=1S/C28H25N3OS/c32-27(30-16-6-7-17-30)15-13-23-28(20-8-2-1-3-9-20)29-26-14-12-22(19-31(23)26)25-18-21-10-4-5-11-24(21)33-25/h1-5,8-12,14,18-19H,6-7,13,15-17H2. The van der Waals surface area contributed by atoms with Gasteiger partial charge in [-0.2, -0.15) is 0 Å². The fourth-order valence-corrected chi connectivity index (χ4v) is 5.83. The lowest BCUT2D eigenvalue weighted by Gasteiger charge is -2.15. The molecule has 0 saturated carbocycles. The number of thiophene rings is 1. The van der Waals surface area contributed by atoms with Gasteiger partial charge in [-0.25, -0.2) is 4.98 Å². The predicted molar refractivity (Wildman–Crippen MR) is 136 cm³/mol. The first-order valence-corrected chi connectivity index (χ1v) is 12.4. The van der Waals surface area contributed by atoms with Crippen molar-refractivity contribution in [3.8, 4) is 21.7 Å². The highest BCUT2D eigenvalue weighted by atomic mass is 32.1. The van der Waals surface area contributed by atoms with Crippen molar-refractivity contribution in [3.05, 3.63) is 84.7 Å². The number of hydrogen-bond donors (Lipinski definition) is 0. The Kier molecular flexibility index (Phi) is 5.19. The SMILES string of the molecule is O=C(CCc1c(-c2ccccc2)nc2ccc(-c3cc4ccccc4s3)cn12)N1CCCC1. The highest BCUT2D eigenvalue weighted by Crippen LogP contribution is 2.34. The molecule has 0 spiro atoms. The molecule has 4 nitrogen and oxygen atoms in total. The minimum atomic E-state index is 0.252. The van der Waals surface area contributed by atoms with E-state index < -0.39 is 0 Å².